The van der Waals surface area contributed by atoms with Crippen molar-refractivity contribution in [2.45, 2.75) is 57.9 Å². The van der Waals surface area contributed by atoms with Gasteiger partial charge in [-0.3, -0.25) is 9.59 Å². The number of carbonyl (C=O) groups is 2. The van der Waals surface area contributed by atoms with Gasteiger partial charge < -0.3 is 15.3 Å². The Balaban J connectivity index is 1.82. The second-order valence-electron chi connectivity index (χ2n) is 6.46. The molecule has 0 unspecified atom stereocenters. The zero-order valence-corrected chi connectivity index (χ0v) is 13.0. The van der Waals surface area contributed by atoms with Gasteiger partial charge in [-0.1, -0.05) is 19.8 Å². The van der Waals surface area contributed by atoms with E-state index >= 15 is 0 Å². The Labute approximate surface area is 127 Å². The minimum atomic E-state index is -0.812. The van der Waals surface area contributed by atoms with Gasteiger partial charge in [0.1, 0.15) is 0 Å². The van der Waals surface area contributed by atoms with Crippen LogP contribution in [0.5, 0.6) is 0 Å². The molecule has 21 heavy (non-hydrogen) atoms. The predicted molar refractivity (Wildman–Crippen MR) is 81.0 cm³/mol. The average Bonchev–Trinajstić information content (AvgIpc) is 2.49. The van der Waals surface area contributed by atoms with Gasteiger partial charge in [-0.15, -0.1) is 0 Å². The molecule has 0 spiro atoms. The number of piperidine rings is 1. The van der Waals surface area contributed by atoms with Crippen LogP contribution in [0.1, 0.15) is 51.9 Å². The third-order valence-electron chi connectivity index (χ3n) is 4.89. The molecule has 1 aliphatic carbocycles. The third kappa shape index (κ3) is 4.43. The number of carboxylic acids is 1. The molecule has 120 valence electrons. The maximum Gasteiger partial charge on any atom is 0.307 e. The van der Waals surface area contributed by atoms with Gasteiger partial charge in [-0.2, -0.15) is 0 Å². The fourth-order valence-corrected chi connectivity index (χ4v) is 3.67. The van der Waals surface area contributed by atoms with Crippen molar-refractivity contribution >= 4 is 11.9 Å². The normalized spacial score (nSPS) is 28.2. The molecular formula is C16H28N2O3. The van der Waals surface area contributed by atoms with Crippen LogP contribution in [0.4, 0.5) is 0 Å². The molecule has 2 N–H and O–H groups in total. The Morgan fingerprint density at radius 3 is 2.29 bits per heavy atom. The summed E-state index contributed by atoms with van der Waals surface area (Å²) in [5.41, 5.74) is 0. The summed E-state index contributed by atoms with van der Waals surface area (Å²) in [4.78, 5) is 26.1. The zero-order valence-electron chi connectivity index (χ0n) is 13.0. The first kappa shape index (κ1) is 16.3. The molecular weight excluding hydrogens is 268 g/mol. The fraction of sp³-hybridized carbons (Fsp3) is 0.875. The van der Waals surface area contributed by atoms with Crippen molar-refractivity contribution in [1.82, 2.24) is 10.2 Å². The predicted octanol–water partition coefficient (Wildman–Crippen LogP) is 1.87. The summed E-state index contributed by atoms with van der Waals surface area (Å²) in [6.45, 7) is 5.38. The van der Waals surface area contributed by atoms with Crippen LogP contribution in [0.15, 0.2) is 0 Å². The summed E-state index contributed by atoms with van der Waals surface area (Å²) in [5.74, 6) is -1.66. The summed E-state index contributed by atoms with van der Waals surface area (Å²) >= 11 is 0. The molecule has 2 aliphatic rings. The van der Waals surface area contributed by atoms with Crippen molar-refractivity contribution in [1.29, 1.82) is 0 Å². The summed E-state index contributed by atoms with van der Waals surface area (Å²) in [5, 5.41) is 12.4. The molecule has 1 aliphatic heterocycles. The highest BCUT2D eigenvalue weighted by Crippen LogP contribution is 2.30. The van der Waals surface area contributed by atoms with E-state index in [1.165, 1.54) is 6.42 Å². The second kappa shape index (κ2) is 7.78. The van der Waals surface area contributed by atoms with Gasteiger partial charge in [-0.05, 0) is 38.6 Å². The van der Waals surface area contributed by atoms with Gasteiger partial charge in [0, 0.05) is 19.1 Å². The van der Waals surface area contributed by atoms with E-state index in [1.54, 1.807) is 0 Å². The van der Waals surface area contributed by atoms with E-state index in [0.717, 1.165) is 51.7 Å². The molecule has 0 radical (unpaired) electrons. The number of amides is 1. The van der Waals surface area contributed by atoms with E-state index in [1.807, 2.05) is 0 Å². The van der Waals surface area contributed by atoms with Crippen LogP contribution in [0, 0.1) is 11.8 Å². The topological polar surface area (TPSA) is 69.6 Å². The number of hydrogen-bond donors (Lipinski definition) is 2. The number of hydrogen-bond acceptors (Lipinski definition) is 3. The van der Waals surface area contributed by atoms with Crippen LogP contribution in [-0.4, -0.2) is 47.6 Å². The number of carbonyl (C=O) groups excluding carboxylic acids is 1. The molecule has 1 saturated carbocycles. The van der Waals surface area contributed by atoms with E-state index in [9.17, 15) is 14.7 Å². The number of likely N-dealkylation sites (tertiary alicyclic amines) is 1. The summed E-state index contributed by atoms with van der Waals surface area (Å²) in [6.07, 6.45) is 6.39. The Morgan fingerprint density at radius 2 is 1.71 bits per heavy atom. The number of carboxylic acid groups (broad SMARTS) is 1. The van der Waals surface area contributed by atoms with Crippen LogP contribution in [0.25, 0.3) is 0 Å². The molecule has 5 heteroatoms. The molecule has 2 atom stereocenters. The maximum absolute atomic E-state index is 12.4. The lowest BCUT2D eigenvalue weighted by molar-refractivity contribution is -0.149. The van der Waals surface area contributed by atoms with Gasteiger partial charge in [0.25, 0.3) is 0 Å². The third-order valence-corrected chi connectivity index (χ3v) is 4.89. The summed E-state index contributed by atoms with van der Waals surface area (Å²) < 4.78 is 0. The van der Waals surface area contributed by atoms with Gasteiger partial charge in [0.15, 0.2) is 0 Å². The Morgan fingerprint density at radius 1 is 1.10 bits per heavy atom. The fourth-order valence-electron chi connectivity index (χ4n) is 3.67. The molecule has 5 nitrogen and oxygen atoms in total. The van der Waals surface area contributed by atoms with Gasteiger partial charge in [0.2, 0.25) is 5.91 Å². The van der Waals surface area contributed by atoms with E-state index in [4.69, 9.17) is 0 Å². The van der Waals surface area contributed by atoms with E-state index in [-0.39, 0.29) is 17.9 Å². The van der Waals surface area contributed by atoms with Crippen molar-refractivity contribution < 1.29 is 14.7 Å². The van der Waals surface area contributed by atoms with E-state index in [0.29, 0.717) is 6.42 Å². The Kier molecular flexibility index (Phi) is 6.03. The minimum absolute atomic E-state index is 0.0314. The minimum Gasteiger partial charge on any atom is -0.481 e. The first-order chi connectivity index (χ1) is 10.1. The SMILES string of the molecule is CCCN1CCC(NC(=O)[C@H]2CCCC[C@@H]2C(=O)O)CC1. The zero-order chi connectivity index (χ0) is 15.2. The van der Waals surface area contributed by atoms with Crippen molar-refractivity contribution in [3.63, 3.8) is 0 Å². The van der Waals surface area contributed by atoms with Crippen LogP contribution < -0.4 is 5.32 Å². The monoisotopic (exact) mass is 296 g/mol. The van der Waals surface area contributed by atoms with E-state index in [2.05, 4.69) is 17.1 Å². The van der Waals surface area contributed by atoms with Gasteiger partial charge in [0.05, 0.1) is 11.8 Å². The Bertz CT molecular complexity index is 365. The van der Waals surface area contributed by atoms with Crippen LogP contribution in [-0.2, 0) is 9.59 Å². The first-order valence-corrected chi connectivity index (χ1v) is 8.37. The van der Waals surface area contributed by atoms with Crippen molar-refractivity contribution in [2.75, 3.05) is 19.6 Å². The highest BCUT2D eigenvalue weighted by molar-refractivity contribution is 5.85. The molecule has 0 aromatic carbocycles. The standard InChI is InChI=1S/C16H28N2O3/c1-2-9-18-10-7-12(8-11-18)17-15(19)13-5-3-4-6-14(13)16(20)21/h12-14H,2-11H2,1H3,(H,17,19)(H,20,21)/t13-,14-/m0/s1. The molecule has 2 rings (SSSR count). The van der Waals surface area contributed by atoms with Crippen LogP contribution >= 0.6 is 0 Å². The second-order valence-corrected chi connectivity index (χ2v) is 6.46. The average molecular weight is 296 g/mol. The maximum atomic E-state index is 12.4. The molecule has 1 saturated heterocycles. The Hall–Kier alpha value is -1.10. The molecule has 2 fully saturated rings. The number of aliphatic carboxylic acids is 1. The number of nitrogens with one attached hydrogen (secondary N) is 1. The molecule has 0 aromatic rings. The largest absolute Gasteiger partial charge is 0.481 e. The first-order valence-electron chi connectivity index (χ1n) is 8.37. The van der Waals surface area contributed by atoms with Gasteiger partial charge >= 0.3 is 5.97 Å². The summed E-state index contributed by atoms with van der Waals surface area (Å²) in [7, 11) is 0. The highest BCUT2D eigenvalue weighted by atomic mass is 16.4. The van der Waals surface area contributed by atoms with Crippen LogP contribution in [0.3, 0.4) is 0 Å². The van der Waals surface area contributed by atoms with Crippen molar-refractivity contribution in [3.05, 3.63) is 0 Å². The van der Waals surface area contributed by atoms with Crippen molar-refractivity contribution in [3.8, 4) is 0 Å². The molecule has 0 bridgehead atoms. The summed E-state index contributed by atoms with van der Waals surface area (Å²) in [6, 6.07) is 0.224. The lowest BCUT2D eigenvalue weighted by atomic mass is 9.78. The lowest BCUT2D eigenvalue weighted by Gasteiger charge is -2.34. The van der Waals surface area contributed by atoms with Crippen molar-refractivity contribution in [2.24, 2.45) is 11.8 Å². The quantitative estimate of drug-likeness (QED) is 0.812. The lowest BCUT2D eigenvalue weighted by Crippen LogP contribution is -2.48. The molecule has 1 amide bonds. The van der Waals surface area contributed by atoms with E-state index < -0.39 is 11.9 Å². The van der Waals surface area contributed by atoms with Gasteiger partial charge in [-0.25, -0.2) is 0 Å². The highest BCUT2D eigenvalue weighted by Gasteiger charge is 2.36. The smallest absolute Gasteiger partial charge is 0.307 e. The molecule has 1 heterocycles. The molecule has 0 aromatic heterocycles. The van der Waals surface area contributed by atoms with Crippen LogP contribution in [0.2, 0.25) is 0 Å². The number of nitrogens with zero attached hydrogens (tertiary/aromatic N) is 1. The number of rotatable bonds is 5.